The van der Waals surface area contributed by atoms with Crippen molar-refractivity contribution >= 4 is 23.3 Å². The summed E-state index contributed by atoms with van der Waals surface area (Å²) in [5, 5.41) is 11.8. The summed E-state index contributed by atoms with van der Waals surface area (Å²) < 4.78 is 0. The molecule has 5 nitrogen and oxygen atoms in total. The lowest BCUT2D eigenvalue weighted by Crippen LogP contribution is -2.37. The van der Waals surface area contributed by atoms with Crippen LogP contribution >= 0.6 is 0 Å². The molecular formula is C17H18N2O3. The van der Waals surface area contributed by atoms with Crippen molar-refractivity contribution in [1.82, 2.24) is 0 Å². The van der Waals surface area contributed by atoms with Gasteiger partial charge >= 0.3 is 5.97 Å². The molecular weight excluding hydrogens is 280 g/mol. The molecule has 0 heterocycles. The van der Waals surface area contributed by atoms with E-state index in [1.807, 2.05) is 43.3 Å². The van der Waals surface area contributed by atoms with E-state index < -0.39 is 5.97 Å². The zero-order chi connectivity index (χ0) is 15.9. The number of amides is 1. The second-order valence-corrected chi connectivity index (χ2v) is 5.00. The Labute approximate surface area is 129 Å². The number of rotatable bonds is 6. The lowest BCUT2D eigenvalue weighted by molar-refractivity contribution is -0.135. The molecule has 2 rings (SSSR count). The average molecular weight is 298 g/mol. The fourth-order valence-corrected chi connectivity index (χ4v) is 2.12. The van der Waals surface area contributed by atoms with Crippen LogP contribution in [0.5, 0.6) is 0 Å². The molecule has 0 unspecified atom stereocenters. The van der Waals surface area contributed by atoms with Crippen molar-refractivity contribution in [1.29, 1.82) is 0 Å². The third-order valence-corrected chi connectivity index (χ3v) is 3.08. The van der Waals surface area contributed by atoms with Crippen LogP contribution in [0.25, 0.3) is 0 Å². The molecule has 5 heteroatoms. The second kappa shape index (κ2) is 7.26. The van der Waals surface area contributed by atoms with E-state index in [-0.39, 0.29) is 19.0 Å². The van der Waals surface area contributed by atoms with Gasteiger partial charge in [0, 0.05) is 11.4 Å². The Balaban J connectivity index is 2.09. The summed E-state index contributed by atoms with van der Waals surface area (Å²) in [7, 11) is 0. The van der Waals surface area contributed by atoms with E-state index in [1.54, 1.807) is 18.2 Å². The van der Waals surface area contributed by atoms with Gasteiger partial charge in [0.15, 0.2) is 0 Å². The third-order valence-electron chi connectivity index (χ3n) is 3.08. The maximum atomic E-state index is 12.1. The molecule has 2 aromatic carbocycles. The van der Waals surface area contributed by atoms with E-state index in [1.165, 1.54) is 4.90 Å². The Morgan fingerprint density at radius 1 is 1.05 bits per heavy atom. The van der Waals surface area contributed by atoms with Crippen molar-refractivity contribution in [2.24, 2.45) is 0 Å². The molecule has 2 N–H and O–H groups in total. The molecule has 114 valence electrons. The third kappa shape index (κ3) is 4.63. The summed E-state index contributed by atoms with van der Waals surface area (Å²) in [6, 6.07) is 16.5. The van der Waals surface area contributed by atoms with Crippen LogP contribution in [0.4, 0.5) is 11.4 Å². The quantitative estimate of drug-likeness (QED) is 0.860. The summed E-state index contributed by atoms with van der Waals surface area (Å²) in [4.78, 5) is 24.7. The number of benzene rings is 2. The normalized spacial score (nSPS) is 10.0. The Kier molecular flexibility index (Phi) is 5.14. The minimum absolute atomic E-state index is 0.0232. The summed E-state index contributed by atoms with van der Waals surface area (Å²) >= 11 is 0. The highest BCUT2D eigenvalue weighted by atomic mass is 16.4. The number of carbonyl (C=O) groups is 2. The molecule has 0 saturated heterocycles. The summed E-state index contributed by atoms with van der Waals surface area (Å²) in [6.45, 7) is 1.67. The number of para-hydroxylation sites is 1. The molecule has 0 bridgehead atoms. The number of carbonyl (C=O) groups excluding carboxylic acids is 1. The average Bonchev–Trinajstić information content (AvgIpc) is 2.47. The molecule has 1 amide bonds. The molecule has 0 spiro atoms. The minimum Gasteiger partial charge on any atom is -0.480 e. The first kappa shape index (κ1) is 15.6. The number of aryl methyl sites for hydroxylation is 1. The van der Waals surface area contributed by atoms with E-state index in [2.05, 4.69) is 5.32 Å². The highest BCUT2D eigenvalue weighted by molar-refractivity contribution is 5.94. The van der Waals surface area contributed by atoms with Gasteiger partial charge in [0.1, 0.15) is 6.54 Å². The first-order valence-electron chi connectivity index (χ1n) is 6.93. The largest absolute Gasteiger partial charge is 0.480 e. The predicted octanol–water partition coefficient (Wildman–Crippen LogP) is 2.52. The summed E-state index contributed by atoms with van der Waals surface area (Å²) in [5.41, 5.74) is 2.41. The second-order valence-electron chi connectivity index (χ2n) is 5.00. The van der Waals surface area contributed by atoms with Crippen LogP contribution in [0, 0.1) is 6.92 Å². The topological polar surface area (TPSA) is 69.6 Å². The van der Waals surface area contributed by atoms with Crippen molar-refractivity contribution in [3.8, 4) is 0 Å². The zero-order valence-corrected chi connectivity index (χ0v) is 12.3. The molecule has 0 atom stereocenters. The van der Waals surface area contributed by atoms with Crippen molar-refractivity contribution in [2.75, 3.05) is 23.3 Å². The number of nitrogens with zero attached hydrogens (tertiary/aromatic N) is 1. The Morgan fingerprint density at radius 2 is 1.77 bits per heavy atom. The number of hydrogen-bond donors (Lipinski definition) is 2. The van der Waals surface area contributed by atoms with E-state index in [0.717, 1.165) is 5.56 Å². The van der Waals surface area contributed by atoms with Crippen LogP contribution in [0.15, 0.2) is 54.6 Å². The number of anilines is 2. The van der Waals surface area contributed by atoms with Gasteiger partial charge in [-0.2, -0.15) is 0 Å². The smallest absolute Gasteiger partial charge is 0.323 e. The molecule has 0 radical (unpaired) electrons. The number of carboxylic acid groups (broad SMARTS) is 1. The van der Waals surface area contributed by atoms with E-state index in [0.29, 0.717) is 11.4 Å². The molecule has 0 saturated carbocycles. The first-order valence-corrected chi connectivity index (χ1v) is 6.93. The number of carboxylic acids is 1. The molecule has 22 heavy (non-hydrogen) atoms. The Bertz CT molecular complexity index is 656. The van der Waals surface area contributed by atoms with Gasteiger partial charge in [-0.25, -0.2) is 0 Å². The molecule has 0 aromatic heterocycles. The highest BCUT2D eigenvalue weighted by Crippen LogP contribution is 2.16. The highest BCUT2D eigenvalue weighted by Gasteiger charge is 2.15. The van der Waals surface area contributed by atoms with Gasteiger partial charge in [0.25, 0.3) is 0 Å². The van der Waals surface area contributed by atoms with Gasteiger partial charge in [-0.3, -0.25) is 9.59 Å². The van der Waals surface area contributed by atoms with Crippen molar-refractivity contribution in [3.05, 3.63) is 60.2 Å². The number of nitrogens with one attached hydrogen (secondary N) is 1. The predicted molar refractivity (Wildman–Crippen MR) is 86.1 cm³/mol. The van der Waals surface area contributed by atoms with Crippen LogP contribution < -0.4 is 10.2 Å². The van der Waals surface area contributed by atoms with Gasteiger partial charge in [-0.1, -0.05) is 30.3 Å². The van der Waals surface area contributed by atoms with Crippen molar-refractivity contribution < 1.29 is 14.7 Å². The van der Waals surface area contributed by atoms with Crippen LogP contribution in [0.3, 0.4) is 0 Å². The summed E-state index contributed by atoms with van der Waals surface area (Å²) in [5.74, 6) is -1.23. The van der Waals surface area contributed by atoms with Crippen LogP contribution in [-0.2, 0) is 9.59 Å². The van der Waals surface area contributed by atoms with Crippen molar-refractivity contribution in [3.63, 3.8) is 0 Å². The van der Waals surface area contributed by atoms with E-state index >= 15 is 0 Å². The van der Waals surface area contributed by atoms with Gasteiger partial charge in [0.05, 0.1) is 6.54 Å². The van der Waals surface area contributed by atoms with Gasteiger partial charge in [-0.15, -0.1) is 0 Å². The van der Waals surface area contributed by atoms with E-state index in [4.69, 9.17) is 5.11 Å². The molecule has 0 aliphatic carbocycles. The van der Waals surface area contributed by atoms with Gasteiger partial charge in [-0.05, 0) is 36.8 Å². The van der Waals surface area contributed by atoms with Crippen LogP contribution in [0.1, 0.15) is 5.56 Å². The minimum atomic E-state index is -0.978. The fraction of sp³-hybridized carbons (Fsp3) is 0.176. The van der Waals surface area contributed by atoms with Crippen molar-refractivity contribution in [2.45, 2.75) is 6.92 Å². The molecule has 0 aliphatic heterocycles. The number of aliphatic carboxylic acids is 1. The molecule has 0 fully saturated rings. The SMILES string of the molecule is Cc1cccc(N(CC(=O)O)CC(=O)Nc2ccccc2)c1. The number of hydrogen-bond acceptors (Lipinski definition) is 3. The maximum Gasteiger partial charge on any atom is 0.323 e. The Morgan fingerprint density at radius 3 is 2.41 bits per heavy atom. The van der Waals surface area contributed by atoms with Crippen LogP contribution in [-0.4, -0.2) is 30.1 Å². The first-order chi connectivity index (χ1) is 10.5. The Hall–Kier alpha value is -2.82. The zero-order valence-electron chi connectivity index (χ0n) is 12.3. The maximum absolute atomic E-state index is 12.1. The fourth-order valence-electron chi connectivity index (χ4n) is 2.12. The lowest BCUT2D eigenvalue weighted by atomic mass is 10.2. The van der Waals surface area contributed by atoms with Gasteiger partial charge < -0.3 is 15.3 Å². The van der Waals surface area contributed by atoms with Gasteiger partial charge in [0.2, 0.25) is 5.91 Å². The molecule has 0 aliphatic rings. The van der Waals surface area contributed by atoms with E-state index in [9.17, 15) is 9.59 Å². The lowest BCUT2D eigenvalue weighted by Gasteiger charge is -2.22. The monoisotopic (exact) mass is 298 g/mol. The standard InChI is InChI=1S/C17H18N2O3/c1-13-6-5-9-15(10-13)19(12-17(21)22)11-16(20)18-14-7-3-2-4-8-14/h2-10H,11-12H2,1H3,(H,18,20)(H,21,22). The van der Waals surface area contributed by atoms with Crippen LogP contribution in [0.2, 0.25) is 0 Å². The summed E-state index contributed by atoms with van der Waals surface area (Å²) in [6.07, 6.45) is 0. The molecule has 2 aromatic rings.